The quantitative estimate of drug-likeness (QED) is 0.160. The Morgan fingerprint density at radius 1 is 0.897 bits per heavy atom. The minimum absolute atomic E-state index is 0.0494. The van der Waals surface area contributed by atoms with Crippen molar-refractivity contribution in [2.45, 2.75) is 23.4 Å². The highest BCUT2D eigenvalue weighted by Gasteiger charge is 2.29. The molecule has 0 aliphatic carbocycles. The second-order valence-electron chi connectivity index (χ2n) is 8.69. The predicted molar refractivity (Wildman–Crippen MR) is 146 cm³/mol. The number of nitrogens with one attached hydrogen (secondary N) is 1. The third-order valence-corrected chi connectivity index (χ3v) is 7.49. The molecule has 4 aromatic carbocycles. The van der Waals surface area contributed by atoms with Gasteiger partial charge in [0.1, 0.15) is 11.5 Å². The van der Waals surface area contributed by atoms with E-state index in [1.807, 2.05) is 61.5 Å². The van der Waals surface area contributed by atoms with Crippen LogP contribution in [0.3, 0.4) is 0 Å². The maximum Gasteiger partial charge on any atom is 0.270 e. The maximum absolute atomic E-state index is 13.6. The Labute approximate surface area is 224 Å². The van der Waals surface area contributed by atoms with Crippen LogP contribution in [-0.2, 0) is 16.4 Å². The number of non-ortho nitro benzene ring substituents is 1. The van der Waals surface area contributed by atoms with E-state index in [-0.39, 0.29) is 39.5 Å². The normalized spacial score (nSPS) is 11.2. The van der Waals surface area contributed by atoms with E-state index < -0.39 is 14.8 Å². The molecular formula is C29H23N3O6S. The van der Waals surface area contributed by atoms with Gasteiger partial charge in [-0.2, -0.15) is 4.98 Å². The van der Waals surface area contributed by atoms with E-state index in [2.05, 4.69) is 10.3 Å². The van der Waals surface area contributed by atoms with Gasteiger partial charge < -0.3 is 14.5 Å². The Morgan fingerprint density at radius 2 is 1.62 bits per heavy atom. The lowest BCUT2D eigenvalue weighted by Crippen LogP contribution is -2.07. The lowest BCUT2D eigenvalue weighted by Gasteiger charge is -2.09. The van der Waals surface area contributed by atoms with E-state index >= 15 is 0 Å². The molecule has 0 aliphatic rings. The number of benzene rings is 4. The molecular weight excluding hydrogens is 518 g/mol. The Hall–Kier alpha value is -4.96. The van der Waals surface area contributed by atoms with Crippen molar-refractivity contribution in [3.63, 3.8) is 0 Å². The van der Waals surface area contributed by atoms with Crippen LogP contribution in [0.5, 0.6) is 11.5 Å². The van der Waals surface area contributed by atoms with Gasteiger partial charge >= 0.3 is 0 Å². The van der Waals surface area contributed by atoms with Crippen molar-refractivity contribution in [1.29, 1.82) is 0 Å². The summed E-state index contributed by atoms with van der Waals surface area (Å²) in [6.07, 6.45) is 0. The summed E-state index contributed by atoms with van der Waals surface area (Å²) in [6, 6.07) is 28.7. The summed E-state index contributed by atoms with van der Waals surface area (Å²) in [5, 5.41) is 14.0. The fourth-order valence-corrected chi connectivity index (χ4v) is 5.11. The summed E-state index contributed by atoms with van der Waals surface area (Å²) < 4.78 is 38.9. The maximum atomic E-state index is 13.6. The lowest BCUT2D eigenvalue weighted by atomic mass is 10.2. The lowest BCUT2D eigenvalue weighted by molar-refractivity contribution is -0.384. The number of anilines is 1. The van der Waals surface area contributed by atoms with Crippen LogP contribution in [0.1, 0.15) is 11.1 Å². The largest absolute Gasteiger partial charge is 0.457 e. The summed E-state index contributed by atoms with van der Waals surface area (Å²) in [6.45, 7) is 2.06. The Kier molecular flexibility index (Phi) is 7.11. The van der Waals surface area contributed by atoms with E-state index in [1.165, 1.54) is 30.3 Å². The number of sulfone groups is 1. The number of para-hydroxylation sites is 1. The molecule has 5 aromatic rings. The van der Waals surface area contributed by atoms with Crippen LogP contribution >= 0.6 is 0 Å². The highest BCUT2D eigenvalue weighted by atomic mass is 32.2. The number of nitro benzene ring substituents is 1. The zero-order valence-electron chi connectivity index (χ0n) is 20.8. The average molecular weight is 542 g/mol. The van der Waals surface area contributed by atoms with Gasteiger partial charge in [-0.25, -0.2) is 8.42 Å². The first-order chi connectivity index (χ1) is 18.8. The molecule has 10 heteroatoms. The van der Waals surface area contributed by atoms with E-state index in [1.54, 1.807) is 18.2 Å². The monoisotopic (exact) mass is 541 g/mol. The molecule has 0 bridgehead atoms. The first kappa shape index (κ1) is 25.7. The van der Waals surface area contributed by atoms with E-state index in [9.17, 15) is 18.5 Å². The van der Waals surface area contributed by atoms with Gasteiger partial charge in [0.25, 0.3) is 5.69 Å². The molecule has 0 radical (unpaired) electrons. The summed E-state index contributed by atoms with van der Waals surface area (Å²) >= 11 is 0. The molecule has 0 saturated heterocycles. The van der Waals surface area contributed by atoms with Crippen LogP contribution in [0, 0.1) is 17.0 Å². The number of rotatable bonds is 9. The van der Waals surface area contributed by atoms with Crippen LogP contribution in [0.25, 0.3) is 11.5 Å². The van der Waals surface area contributed by atoms with Gasteiger partial charge in [-0.15, -0.1) is 0 Å². The number of hydrogen-bond donors (Lipinski definition) is 1. The molecule has 9 nitrogen and oxygen atoms in total. The van der Waals surface area contributed by atoms with Gasteiger partial charge in [0.2, 0.25) is 26.6 Å². The Bertz CT molecular complexity index is 1730. The SMILES string of the molecule is Cc1ccc(S(=O)(=O)c2nc(-c3cccc([N+](=O)[O-])c3)oc2NCc2cccc(Oc3ccccc3)c2)cc1. The van der Waals surface area contributed by atoms with Crippen LogP contribution in [0.15, 0.2) is 117 Å². The third-order valence-electron chi connectivity index (χ3n) is 5.82. The van der Waals surface area contributed by atoms with Crippen molar-refractivity contribution in [1.82, 2.24) is 4.98 Å². The van der Waals surface area contributed by atoms with Gasteiger partial charge in [0.05, 0.1) is 9.82 Å². The van der Waals surface area contributed by atoms with Crippen molar-refractivity contribution in [2.75, 3.05) is 5.32 Å². The van der Waals surface area contributed by atoms with Crippen molar-refractivity contribution in [2.24, 2.45) is 0 Å². The first-order valence-corrected chi connectivity index (χ1v) is 13.4. The van der Waals surface area contributed by atoms with Crippen molar-refractivity contribution < 1.29 is 22.5 Å². The molecule has 1 aromatic heterocycles. The highest BCUT2D eigenvalue weighted by molar-refractivity contribution is 7.91. The van der Waals surface area contributed by atoms with E-state index in [4.69, 9.17) is 9.15 Å². The zero-order valence-corrected chi connectivity index (χ0v) is 21.6. The highest BCUT2D eigenvalue weighted by Crippen LogP contribution is 2.34. The molecule has 0 saturated carbocycles. The van der Waals surface area contributed by atoms with Crippen LogP contribution in [0.4, 0.5) is 11.6 Å². The molecule has 0 spiro atoms. The summed E-state index contributed by atoms with van der Waals surface area (Å²) in [5.74, 6) is 1.16. The van der Waals surface area contributed by atoms with E-state index in [0.717, 1.165) is 11.1 Å². The van der Waals surface area contributed by atoms with E-state index in [0.29, 0.717) is 11.5 Å². The van der Waals surface area contributed by atoms with Gasteiger partial charge in [-0.3, -0.25) is 10.1 Å². The molecule has 196 valence electrons. The molecule has 0 fully saturated rings. The smallest absolute Gasteiger partial charge is 0.270 e. The van der Waals surface area contributed by atoms with Crippen molar-refractivity contribution >= 4 is 21.4 Å². The van der Waals surface area contributed by atoms with Gasteiger partial charge in [0.15, 0.2) is 0 Å². The minimum atomic E-state index is -4.08. The van der Waals surface area contributed by atoms with Gasteiger partial charge in [-0.1, -0.05) is 54.1 Å². The third kappa shape index (κ3) is 5.81. The number of aromatic nitrogens is 1. The van der Waals surface area contributed by atoms with Crippen LogP contribution in [0.2, 0.25) is 0 Å². The molecule has 0 unspecified atom stereocenters. The summed E-state index contributed by atoms with van der Waals surface area (Å²) in [4.78, 5) is 15.0. The molecule has 1 N–H and O–H groups in total. The second kappa shape index (κ2) is 10.8. The second-order valence-corrected chi connectivity index (χ2v) is 10.6. The standard InChI is InChI=1S/C29H23N3O6S/c1-20-13-15-26(16-14-20)39(35,36)29-28(38-27(31-29)22-8-6-9-23(18-22)32(33)34)30-19-21-7-5-12-25(17-21)37-24-10-3-2-4-11-24/h2-18,30H,19H2,1H3. The fourth-order valence-electron chi connectivity index (χ4n) is 3.83. The number of aryl methyl sites for hydroxylation is 1. The zero-order chi connectivity index (χ0) is 27.4. The number of nitrogens with zero attached hydrogens (tertiary/aromatic N) is 2. The first-order valence-electron chi connectivity index (χ1n) is 11.9. The number of nitro groups is 1. The predicted octanol–water partition coefficient (Wildman–Crippen LogP) is 6.80. The molecule has 39 heavy (non-hydrogen) atoms. The number of hydrogen-bond acceptors (Lipinski definition) is 8. The van der Waals surface area contributed by atoms with Gasteiger partial charge in [-0.05, 0) is 55.0 Å². The van der Waals surface area contributed by atoms with Crippen molar-refractivity contribution in [3.8, 4) is 23.0 Å². The number of ether oxygens (including phenoxy) is 1. The molecule has 0 aliphatic heterocycles. The van der Waals surface area contributed by atoms with Crippen LogP contribution in [-0.4, -0.2) is 18.3 Å². The average Bonchev–Trinajstić information content (AvgIpc) is 3.38. The minimum Gasteiger partial charge on any atom is -0.457 e. The van der Waals surface area contributed by atoms with Crippen LogP contribution < -0.4 is 10.1 Å². The Balaban J connectivity index is 1.48. The molecule has 5 rings (SSSR count). The van der Waals surface area contributed by atoms with Crippen molar-refractivity contribution in [3.05, 3.63) is 124 Å². The fraction of sp³-hybridized carbons (Fsp3) is 0.0690. The summed E-state index contributed by atoms with van der Waals surface area (Å²) in [5.41, 5.74) is 1.81. The Morgan fingerprint density at radius 3 is 2.36 bits per heavy atom. The molecule has 1 heterocycles. The van der Waals surface area contributed by atoms with Gasteiger partial charge in [0, 0.05) is 24.2 Å². The summed E-state index contributed by atoms with van der Waals surface area (Å²) in [7, 11) is -4.08. The number of oxazole rings is 1. The topological polar surface area (TPSA) is 125 Å². The molecule has 0 amide bonds. The molecule has 0 atom stereocenters.